The smallest absolute Gasteiger partial charge is 0.288 e. The summed E-state index contributed by atoms with van der Waals surface area (Å²) >= 11 is 0. The first-order valence-corrected chi connectivity index (χ1v) is 6.67. The van der Waals surface area contributed by atoms with Crippen LogP contribution < -0.4 is 4.97 Å². The monoisotopic (exact) mass is 250 g/mol. The lowest BCUT2D eigenvalue weighted by molar-refractivity contribution is 0.185. The first-order chi connectivity index (χ1) is 9.24. The van der Waals surface area contributed by atoms with Gasteiger partial charge in [-0.05, 0) is 37.9 Å². The summed E-state index contributed by atoms with van der Waals surface area (Å²) in [5, 5.41) is 0. The third-order valence-corrected chi connectivity index (χ3v) is 3.36. The molecule has 3 heteroatoms. The first kappa shape index (κ1) is 12.3. The van der Waals surface area contributed by atoms with Crippen molar-refractivity contribution in [1.82, 2.24) is 0 Å². The number of rotatable bonds is 2. The molecule has 0 aliphatic carbocycles. The van der Waals surface area contributed by atoms with Crippen molar-refractivity contribution in [2.24, 2.45) is 0 Å². The third-order valence-electron chi connectivity index (χ3n) is 3.36. The Morgan fingerprint density at radius 3 is 2.63 bits per heavy atom. The number of hydrogen-bond donors (Lipinski definition) is 0. The van der Waals surface area contributed by atoms with Crippen LogP contribution in [0.1, 0.15) is 11.1 Å². The quantitative estimate of drug-likeness (QED) is 0.752. The summed E-state index contributed by atoms with van der Waals surface area (Å²) in [6.07, 6.45) is 0.973. The second-order valence-corrected chi connectivity index (χ2v) is 5.02. The maximum atomic E-state index is 5.65. The molecule has 0 unspecified atom stereocenters. The topological polar surface area (TPSA) is 12.5 Å². The second kappa shape index (κ2) is 5.10. The minimum absolute atomic E-state index is 0.765. The highest BCUT2D eigenvalue weighted by atomic mass is 16.7. The summed E-state index contributed by atoms with van der Waals surface area (Å²) < 4.78 is 0. The molecule has 0 amide bonds. The summed E-state index contributed by atoms with van der Waals surface area (Å²) in [6.45, 7) is 5.01. The molecule has 0 spiro atoms. The van der Waals surface area contributed by atoms with Crippen LogP contribution in [0.25, 0.3) is 11.1 Å². The van der Waals surface area contributed by atoms with Gasteiger partial charge in [-0.1, -0.05) is 41.5 Å². The zero-order chi connectivity index (χ0) is 13.2. The van der Waals surface area contributed by atoms with Gasteiger partial charge in [0, 0.05) is 5.56 Å². The van der Waals surface area contributed by atoms with E-state index in [0.717, 1.165) is 18.6 Å². The van der Waals surface area contributed by atoms with Gasteiger partial charge in [-0.15, -0.1) is 0 Å². The van der Waals surface area contributed by atoms with Crippen LogP contribution in [0, 0.1) is 13.8 Å². The van der Waals surface area contributed by atoms with E-state index in [1.807, 2.05) is 4.97 Å². The molecule has 0 bridgehead atoms. The molecule has 0 saturated carbocycles. The Labute approximate surface area is 115 Å². The fraction of sp³-hybridized carbons (Fsp3) is 0.250. The zero-order valence-electron chi connectivity index (χ0n) is 11.4. The molecule has 1 fully saturated rings. The van der Waals surface area contributed by atoms with Gasteiger partial charge in [0.2, 0.25) is 0 Å². The third kappa shape index (κ3) is 2.52. The predicted molar refractivity (Wildman–Crippen MR) is 80.3 cm³/mol. The summed E-state index contributed by atoms with van der Waals surface area (Å²) in [5.41, 5.74) is 6.12. The van der Waals surface area contributed by atoms with Gasteiger partial charge in [-0.3, -0.25) is 4.84 Å². The Morgan fingerprint density at radius 1 is 1.05 bits per heavy atom. The van der Waals surface area contributed by atoms with Crippen LogP contribution in [0.2, 0.25) is 6.32 Å². The molecule has 95 valence electrons. The van der Waals surface area contributed by atoms with E-state index in [1.165, 1.54) is 22.3 Å². The van der Waals surface area contributed by atoms with E-state index in [1.54, 1.807) is 0 Å². The lowest BCUT2D eigenvalue weighted by Crippen LogP contribution is -2.19. The van der Waals surface area contributed by atoms with Gasteiger partial charge in [0.15, 0.2) is 0 Å². The lowest BCUT2D eigenvalue weighted by Gasteiger charge is -2.21. The second-order valence-electron chi connectivity index (χ2n) is 5.02. The molecule has 3 rings (SSSR count). The molecular weight excluding hydrogens is 233 g/mol. The molecule has 1 radical (unpaired) electrons. The normalized spacial score (nSPS) is 14.5. The van der Waals surface area contributed by atoms with Gasteiger partial charge >= 0.3 is 0 Å². The zero-order valence-corrected chi connectivity index (χ0v) is 11.4. The van der Waals surface area contributed by atoms with Crippen LogP contribution in [0.5, 0.6) is 0 Å². The number of nitrogens with zero attached hydrogens (tertiary/aromatic N) is 1. The van der Waals surface area contributed by atoms with Crippen molar-refractivity contribution in [2.75, 3.05) is 11.6 Å². The van der Waals surface area contributed by atoms with Crippen molar-refractivity contribution in [1.29, 1.82) is 0 Å². The minimum atomic E-state index is 0.765. The van der Waals surface area contributed by atoms with E-state index in [-0.39, 0.29) is 0 Å². The van der Waals surface area contributed by atoms with E-state index in [2.05, 4.69) is 63.7 Å². The largest absolute Gasteiger partial charge is 0.306 e. The highest BCUT2D eigenvalue weighted by molar-refractivity contribution is 6.41. The molecule has 0 atom stereocenters. The van der Waals surface area contributed by atoms with E-state index in [9.17, 15) is 0 Å². The molecule has 0 aromatic heterocycles. The summed E-state index contributed by atoms with van der Waals surface area (Å²) in [7, 11) is 2.10. The predicted octanol–water partition coefficient (Wildman–Crippen LogP) is 3.76. The van der Waals surface area contributed by atoms with Gasteiger partial charge in [-0.25, -0.2) is 0 Å². The number of hydrogen-bond acceptors (Lipinski definition) is 2. The molecule has 2 aromatic carbocycles. The Hall–Kier alpha value is -1.74. The lowest BCUT2D eigenvalue weighted by atomic mass is 9.88. The highest BCUT2D eigenvalue weighted by Gasteiger charge is 2.19. The summed E-state index contributed by atoms with van der Waals surface area (Å²) in [4.78, 5) is 7.55. The highest BCUT2D eigenvalue weighted by Crippen LogP contribution is 2.33. The molecule has 1 saturated heterocycles. The molecular formula is C16H17BNO. The molecule has 1 aliphatic heterocycles. The standard InChI is InChI=1S/C16H17BNO/c1-12-4-3-5-14(10-12)15-11-13(2)6-7-16(15)18-17-8-9-19-18/h3-7,10-11H,8-9H2,1-2H3. The SMILES string of the molecule is Cc1cccc(-c2cc(C)ccc2N2[B]CCO2)c1. The van der Waals surface area contributed by atoms with Crippen molar-refractivity contribution in [3.8, 4) is 11.1 Å². The number of aryl methyl sites for hydroxylation is 2. The maximum absolute atomic E-state index is 5.65. The summed E-state index contributed by atoms with van der Waals surface area (Å²) in [6, 6.07) is 15.1. The number of benzene rings is 2. The van der Waals surface area contributed by atoms with Gasteiger partial charge in [0.25, 0.3) is 7.41 Å². The maximum Gasteiger partial charge on any atom is 0.288 e. The Morgan fingerprint density at radius 2 is 1.89 bits per heavy atom. The molecule has 19 heavy (non-hydrogen) atoms. The molecule has 2 nitrogen and oxygen atoms in total. The van der Waals surface area contributed by atoms with Gasteiger partial charge in [-0.2, -0.15) is 0 Å². The van der Waals surface area contributed by atoms with Crippen LogP contribution in [0.3, 0.4) is 0 Å². The molecule has 1 heterocycles. The van der Waals surface area contributed by atoms with E-state index >= 15 is 0 Å². The first-order valence-electron chi connectivity index (χ1n) is 6.67. The average Bonchev–Trinajstić information content (AvgIpc) is 2.92. The number of anilines is 1. The van der Waals surface area contributed by atoms with E-state index < -0.39 is 0 Å². The van der Waals surface area contributed by atoms with Crippen LogP contribution in [-0.2, 0) is 4.84 Å². The Kier molecular flexibility index (Phi) is 3.30. The van der Waals surface area contributed by atoms with Gasteiger partial charge < -0.3 is 4.97 Å². The fourth-order valence-corrected chi connectivity index (χ4v) is 2.43. The molecule has 0 N–H and O–H groups in total. The fourth-order valence-electron chi connectivity index (χ4n) is 2.43. The average molecular weight is 250 g/mol. The van der Waals surface area contributed by atoms with Crippen LogP contribution >= 0.6 is 0 Å². The Balaban J connectivity index is 2.10. The molecule has 2 aromatic rings. The minimum Gasteiger partial charge on any atom is -0.306 e. The summed E-state index contributed by atoms with van der Waals surface area (Å²) in [5.74, 6) is 0. The van der Waals surface area contributed by atoms with Crippen LogP contribution in [-0.4, -0.2) is 14.0 Å². The van der Waals surface area contributed by atoms with Crippen molar-refractivity contribution >= 4 is 13.1 Å². The van der Waals surface area contributed by atoms with Crippen molar-refractivity contribution in [3.05, 3.63) is 53.6 Å². The van der Waals surface area contributed by atoms with Crippen molar-refractivity contribution in [3.63, 3.8) is 0 Å². The van der Waals surface area contributed by atoms with Crippen molar-refractivity contribution < 1.29 is 4.84 Å². The van der Waals surface area contributed by atoms with E-state index in [4.69, 9.17) is 4.84 Å². The van der Waals surface area contributed by atoms with E-state index in [0.29, 0.717) is 0 Å². The Bertz CT molecular complexity index is 591. The van der Waals surface area contributed by atoms with Gasteiger partial charge in [0.1, 0.15) is 0 Å². The van der Waals surface area contributed by atoms with Crippen LogP contribution in [0.4, 0.5) is 5.69 Å². The van der Waals surface area contributed by atoms with Gasteiger partial charge in [0.05, 0.1) is 12.3 Å². The van der Waals surface area contributed by atoms with Crippen LogP contribution in [0.15, 0.2) is 42.5 Å². The molecule has 1 aliphatic rings. The van der Waals surface area contributed by atoms with Crippen molar-refractivity contribution in [2.45, 2.75) is 20.2 Å².